The van der Waals surface area contributed by atoms with E-state index in [1.54, 1.807) is 0 Å². The standard InChI is InChI=1S/C13H18O2S/c1-13(2,3)12(15)8-4-6-10(14)11-7-5-9-16-11/h5,7,9H,4,6,8H2,1-3H3. The lowest BCUT2D eigenvalue weighted by atomic mass is 9.88. The Labute approximate surface area is 101 Å². The fourth-order valence-electron chi connectivity index (χ4n) is 1.34. The molecule has 0 aliphatic carbocycles. The van der Waals surface area contributed by atoms with Gasteiger partial charge in [-0.25, -0.2) is 0 Å². The van der Waals surface area contributed by atoms with Gasteiger partial charge in [0, 0.05) is 18.3 Å². The van der Waals surface area contributed by atoms with Gasteiger partial charge in [-0.1, -0.05) is 26.8 Å². The topological polar surface area (TPSA) is 34.1 Å². The third-order valence-corrected chi connectivity index (χ3v) is 3.35. The lowest BCUT2D eigenvalue weighted by molar-refractivity contribution is -0.126. The molecule has 0 aliphatic heterocycles. The number of carbonyl (C=O) groups excluding carboxylic acids is 2. The summed E-state index contributed by atoms with van der Waals surface area (Å²) in [6, 6.07) is 3.71. The van der Waals surface area contributed by atoms with Crippen LogP contribution in [-0.4, -0.2) is 11.6 Å². The zero-order valence-electron chi connectivity index (χ0n) is 10.1. The lowest BCUT2D eigenvalue weighted by Gasteiger charge is -2.15. The van der Waals surface area contributed by atoms with Crippen LogP contribution in [0.25, 0.3) is 0 Å². The van der Waals surface area contributed by atoms with E-state index >= 15 is 0 Å². The van der Waals surface area contributed by atoms with E-state index in [2.05, 4.69) is 0 Å². The van der Waals surface area contributed by atoms with E-state index in [4.69, 9.17) is 0 Å². The van der Waals surface area contributed by atoms with Crippen LogP contribution in [0.1, 0.15) is 49.7 Å². The van der Waals surface area contributed by atoms with Crippen molar-refractivity contribution >= 4 is 22.9 Å². The third-order valence-electron chi connectivity index (χ3n) is 2.44. The minimum Gasteiger partial charge on any atom is -0.299 e. The van der Waals surface area contributed by atoms with E-state index in [1.807, 2.05) is 38.3 Å². The molecule has 1 aromatic rings. The Bertz CT molecular complexity index is 358. The van der Waals surface area contributed by atoms with Gasteiger partial charge in [0.1, 0.15) is 5.78 Å². The highest BCUT2D eigenvalue weighted by molar-refractivity contribution is 7.12. The van der Waals surface area contributed by atoms with Crippen LogP contribution >= 0.6 is 11.3 Å². The molecule has 0 saturated heterocycles. The molecular weight excluding hydrogens is 220 g/mol. The van der Waals surface area contributed by atoms with Gasteiger partial charge in [-0.15, -0.1) is 11.3 Å². The number of carbonyl (C=O) groups is 2. The van der Waals surface area contributed by atoms with Crippen LogP contribution in [0.2, 0.25) is 0 Å². The van der Waals surface area contributed by atoms with Gasteiger partial charge >= 0.3 is 0 Å². The van der Waals surface area contributed by atoms with Crippen molar-refractivity contribution in [3.63, 3.8) is 0 Å². The predicted octanol–water partition coefficient (Wildman–Crippen LogP) is 3.72. The van der Waals surface area contributed by atoms with Gasteiger partial charge in [0.05, 0.1) is 4.88 Å². The van der Waals surface area contributed by atoms with Crippen molar-refractivity contribution in [2.45, 2.75) is 40.0 Å². The number of ketones is 2. The summed E-state index contributed by atoms with van der Waals surface area (Å²) in [4.78, 5) is 24.1. The molecule has 0 amide bonds. The van der Waals surface area contributed by atoms with E-state index in [0.717, 1.165) is 4.88 Å². The highest BCUT2D eigenvalue weighted by Crippen LogP contribution is 2.19. The molecule has 88 valence electrons. The van der Waals surface area contributed by atoms with Gasteiger partial charge in [0.25, 0.3) is 0 Å². The lowest BCUT2D eigenvalue weighted by Crippen LogP contribution is -2.19. The Morgan fingerprint density at radius 3 is 2.44 bits per heavy atom. The van der Waals surface area contributed by atoms with Gasteiger partial charge < -0.3 is 0 Å². The second-order valence-electron chi connectivity index (χ2n) is 4.93. The zero-order valence-corrected chi connectivity index (χ0v) is 10.9. The van der Waals surface area contributed by atoms with Gasteiger partial charge in [0.2, 0.25) is 0 Å². The molecular formula is C13H18O2S. The summed E-state index contributed by atoms with van der Waals surface area (Å²) in [5.41, 5.74) is -0.286. The predicted molar refractivity (Wildman–Crippen MR) is 67.0 cm³/mol. The summed E-state index contributed by atoms with van der Waals surface area (Å²) in [6.07, 6.45) is 1.63. The number of rotatable bonds is 5. The van der Waals surface area contributed by atoms with E-state index in [1.165, 1.54) is 11.3 Å². The molecule has 0 bridgehead atoms. The van der Waals surface area contributed by atoms with Crippen molar-refractivity contribution < 1.29 is 9.59 Å². The Balaban J connectivity index is 2.32. The van der Waals surface area contributed by atoms with E-state index in [0.29, 0.717) is 19.3 Å². The second-order valence-corrected chi connectivity index (χ2v) is 5.87. The van der Waals surface area contributed by atoms with Gasteiger partial charge in [-0.3, -0.25) is 9.59 Å². The van der Waals surface area contributed by atoms with Crippen LogP contribution in [0.4, 0.5) is 0 Å². The number of hydrogen-bond donors (Lipinski definition) is 0. The first-order chi connectivity index (χ1) is 7.41. The number of thiophene rings is 1. The first kappa shape index (κ1) is 13.1. The molecule has 3 heteroatoms. The SMILES string of the molecule is CC(C)(C)C(=O)CCCC(=O)c1cccs1. The molecule has 0 fully saturated rings. The smallest absolute Gasteiger partial charge is 0.172 e. The van der Waals surface area contributed by atoms with Crippen LogP contribution in [-0.2, 0) is 4.79 Å². The Morgan fingerprint density at radius 2 is 1.94 bits per heavy atom. The molecule has 0 radical (unpaired) electrons. The molecule has 16 heavy (non-hydrogen) atoms. The quantitative estimate of drug-likeness (QED) is 0.733. The Kier molecular flexibility index (Phi) is 4.42. The van der Waals surface area contributed by atoms with Crippen molar-refractivity contribution in [1.29, 1.82) is 0 Å². The zero-order chi connectivity index (χ0) is 12.2. The van der Waals surface area contributed by atoms with Crippen LogP contribution in [0.15, 0.2) is 17.5 Å². The summed E-state index contributed by atoms with van der Waals surface area (Å²) in [7, 11) is 0. The molecule has 1 aromatic heterocycles. The Morgan fingerprint density at radius 1 is 1.25 bits per heavy atom. The molecule has 2 nitrogen and oxygen atoms in total. The van der Waals surface area contributed by atoms with Crippen molar-refractivity contribution in [2.75, 3.05) is 0 Å². The first-order valence-corrected chi connectivity index (χ1v) is 6.39. The fourth-order valence-corrected chi connectivity index (χ4v) is 2.04. The molecule has 0 aliphatic rings. The highest BCUT2D eigenvalue weighted by atomic mass is 32.1. The normalized spacial score (nSPS) is 11.4. The highest BCUT2D eigenvalue weighted by Gasteiger charge is 2.20. The maximum absolute atomic E-state index is 11.6. The summed E-state index contributed by atoms with van der Waals surface area (Å²) in [5, 5.41) is 1.90. The van der Waals surface area contributed by atoms with Crippen molar-refractivity contribution in [1.82, 2.24) is 0 Å². The fraction of sp³-hybridized carbons (Fsp3) is 0.538. The molecule has 0 N–H and O–H groups in total. The van der Waals surface area contributed by atoms with Crippen LogP contribution in [0, 0.1) is 5.41 Å². The van der Waals surface area contributed by atoms with E-state index in [9.17, 15) is 9.59 Å². The van der Waals surface area contributed by atoms with Crippen LogP contribution < -0.4 is 0 Å². The molecule has 1 rings (SSSR count). The van der Waals surface area contributed by atoms with Crippen LogP contribution in [0.5, 0.6) is 0 Å². The maximum atomic E-state index is 11.6. The third kappa shape index (κ3) is 3.89. The average molecular weight is 238 g/mol. The summed E-state index contributed by atoms with van der Waals surface area (Å²) in [6.45, 7) is 5.74. The van der Waals surface area contributed by atoms with E-state index in [-0.39, 0.29) is 17.0 Å². The molecule has 0 saturated carbocycles. The largest absolute Gasteiger partial charge is 0.299 e. The van der Waals surface area contributed by atoms with Gasteiger partial charge in [0.15, 0.2) is 5.78 Å². The number of hydrogen-bond acceptors (Lipinski definition) is 3. The van der Waals surface area contributed by atoms with Gasteiger partial charge in [-0.05, 0) is 17.9 Å². The summed E-state index contributed by atoms with van der Waals surface area (Å²) < 4.78 is 0. The monoisotopic (exact) mass is 238 g/mol. The molecule has 1 heterocycles. The minimum atomic E-state index is -0.286. The molecule has 0 atom stereocenters. The van der Waals surface area contributed by atoms with Crippen molar-refractivity contribution in [3.8, 4) is 0 Å². The van der Waals surface area contributed by atoms with E-state index < -0.39 is 0 Å². The molecule has 0 unspecified atom stereocenters. The Hall–Kier alpha value is -0.960. The number of Topliss-reactive ketones (excluding diaryl/α,β-unsaturated/α-hetero) is 2. The maximum Gasteiger partial charge on any atom is 0.172 e. The first-order valence-electron chi connectivity index (χ1n) is 5.51. The van der Waals surface area contributed by atoms with Crippen LogP contribution in [0.3, 0.4) is 0 Å². The summed E-state index contributed by atoms with van der Waals surface area (Å²) in [5.74, 6) is 0.378. The second kappa shape index (κ2) is 5.39. The average Bonchev–Trinajstić information content (AvgIpc) is 2.68. The van der Waals surface area contributed by atoms with Crippen molar-refractivity contribution in [2.24, 2.45) is 5.41 Å². The molecule has 0 spiro atoms. The minimum absolute atomic E-state index is 0.150. The summed E-state index contributed by atoms with van der Waals surface area (Å²) >= 11 is 1.46. The van der Waals surface area contributed by atoms with Crippen molar-refractivity contribution in [3.05, 3.63) is 22.4 Å². The van der Waals surface area contributed by atoms with Gasteiger partial charge in [-0.2, -0.15) is 0 Å². The molecule has 0 aromatic carbocycles.